The summed E-state index contributed by atoms with van der Waals surface area (Å²) < 4.78 is 0. The van der Waals surface area contributed by atoms with E-state index in [-0.39, 0.29) is 6.04 Å². The number of aromatic nitrogens is 3. The Morgan fingerprint density at radius 1 is 1.25 bits per heavy atom. The molecular weight excluding hydrogens is 248 g/mol. The predicted molar refractivity (Wildman–Crippen MR) is 80.3 cm³/mol. The van der Waals surface area contributed by atoms with E-state index in [1.54, 1.807) is 0 Å². The van der Waals surface area contributed by atoms with Crippen molar-refractivity contribution in [2.45, 2.75) is 26.4 Å². The van der Waals surface area contributed by atoms with E-state index >= 15 is 0 Å². The smallest absolute Gasteiger partial charge is 0.124 e. The largest absolute Gasteiger partial charge is 0.341 e. The fourth-order valence-corrected chi connectivity index (χ4v) is 2.22. The maximum absolute atomic E-state index is 4.61. The number of nitrogens with zero attached hydrogens (tertiary/aromatic N) is 2. The maximum atomic E-state index is 4.61. The van der Waals surface area contributed by atoms with Gasteiger partial charge in [-0.05, 0) is 43.2 Å². The van der Waals surface area contributed by atoms with Gasteiger partial charge in [-0.1, -0.05) is 12.1 Å². The lowest BCUT2D eigenvalue weighted by Gasteiger charge is -2.12. The average molecular weight is 266 g/mol. The Morgan fingerprint density at radius 3 is 2.90 bits per heavy atom. The van der Waals surface area contributed by atoms with Crippen LogP contribution in [0.2, 0.25) is 0 Å². The van der Waals surface area contributed by atoms with Crippen LogP contribution in [0, 0.1) is 6.92 Å². The van der Waals surface area contributed by atoms with E-state index in [9.17, 15) is 0 Å². The number of aryl methyl sites for hydroxylation is 1. The highest BCUT2D eigenvalue weighted by molar-refractivity contribution is 5.74. The third-order valence-electron chi connectivity index (χ3n) is 3.56. The van der Waals surface area contributed by atoms with Gasteiger partial charge in [0.05, 0.1) is 17.1 Å². The highest BCUT2D eigenvalue weighted by atomic mass is 15.0. The Labute approximate surface area is 118 Å². The number of hydrogen-bond donors (Lipinski definition) is 2. The third kappa shape index (κ3) is 2.56. The molecule has 2 N–H and O–H groups in total. The van der Waals surface area contributed by atoms with Crippen LogP contribution >= 0.6 is 0 Å². The number of nitrogens with one attached hydrogen (secondary N) is 2. The number of hydrogen-bond acceptors (Lipinski definition) is 3. The van der Waals surface area contributed by atoms with Crippen LogP contribution in [0.15, 0.2) is 42.7 Å². The van der Waals surface area contributed by atoms with E-state index < -0.39 is 0 Å². The number of imidazole rings is 1. The SMILES string of the molecule is Cc1ccncc1CNC(C)c1nc2ccccc2[nH]1. The summed E-state index contributed by atoms with van der Waals surface area (Å²) in [4.78, 5) is 12.1. The van der Waals surface area contributed by atoms with Gasteiger partial charge in [0.1, 0.15) is 5.82 Å². The molecule has 0 bridgehead atoms. The number of fused-ring (bicyclic) bond motifs is 1. The van der Waals surface area contributed by atoms with E-state index in [4.69, 9.17) is 0 Å². The van der Waals surface area contributed by atoms with Gasteiger partial charge in [0.25, 0.3) is 0 Å². The first-order valence-electron chi connectivity index (χ1n) is 6.81. The van der Waals surface area contributed by atoms with Crippen LogP contribution in [0.25, 0.3) is 11.0 Å². The molecule has 3 rings (SSSR count). The van der Waals surface area contributed by atoms with Crippen LogP contribution in [0.5, 0.6) is 0 Å². The molecular formula is C16H18N4. The standard InChI is InChI=1S/C16H18N4/c1-11-7-8-17-9-13(11)10-18-12(2)16-19-14-5-3-4-6-15(14)20-16/h3-9,12,18H,10H2,1-2H3,(H,19,20). The Balaban J connectivity index is 1.73. The van der Waals surface area contributed by atoms with Gasteiger partial charge in [0, 0.05) is 18.9 Å². The molecule has 0 spiro atoms. The second-order valence-electron chi connectivity index (χ2n) is 5.04. The van der Waals surface area contributed by atoms with Gasteiger partial charge >= 0.3 is 0 Å². The number of H-pyrrole nitrogens is 1. The zero-order chi connectivity index (χ0) is 13.9. The van der Waals surface area contributed by atoms with Crippen molar-refractivity contribution >= 4 is 11.0 Å². The molecule has 0 fully saturated rings. The van der Waals surface area contributed by atoms with Gasteiger partial charge in [-0.2, -0.15) is 0 Å². The Kier molecular flexibility index (Phi) is 3.48. The second-order valence-corrected chi connectivity index (χ2v) is 5.04. The lowest BCUT2D eigenvalue weighted by atomic mass is 10.1. The first-order valence-corrected chi connectivity index (χ1v) is 6.81. The minimum absolute atomic E-state index is 0.169. The highest BCUT2D eigenvalue weighted by Crippen LogP contribution is 2.16. The molecule has 0 aliphatic rings. The van der Waals surface area contributed by atoms with Crippen molar-refractivity contribution in [3.8, 4) is 0 Å². The fourth-order valence-electron chi connectivity index (χ4n) is 2.22. The van der Waals surface area contributed by atoms with Gasteiger partial charge in [-0.3, -0.25) is 4.98 Å². The van der Waals surface area contributed by atoms with Crippen LogP contribution < -0.4 is 5.32 Å². The zero-order valence-electron chi connectivity index (χ0n) is 11.7. The van der Waals surface area contributed by atoms with Gasteiger partial charge < -0.3 is 10.3 Å². The molecule has 4 heteroatoms. The summed E-state index contributed by atoms with van der Waals surface area (Å²) in [5.41, 5.74) is 4.56. The minimum atomic E-state index is 0.169. The summed E-state index contributed by atoms with van der Waals surface area (Å²) in [5.74, 6) is 0.966. The minimum Gasteiger partial charge on any atom is -0.341 e. The van der Waals surface area contributed by atoms with Gasteiger partial charge in [-0.15, -0.1) is 0 Å². The Bertz CT molecular complexity index is 684. The van der Waals surface area contributed by atoms with E-state index in [0.29, 0.717) is 0 Å². The molecule has 0 aliphatic carbocycles. The van der Waals surface area contributed by atoms with E-state index in [1.165, 1.54) is 11.1 Å². The molecule has 4 nitrogen and oxygen atoms in total. The van der Waals surface area contributed by atoms with Gasteiger partial charge in [0.15, 0.2) is 0 Å². The van der Waals surface area contributed by atoms with Crippen LogP contribution in [-0.2, 0) is 6.54 Å². The Morgan fingerprint density at radius 2 is 2.10 bits per heavy atom. The lowest BCUT2D eigenvalue weighted by molar-refractivity contribution is 0.550. The van der Waals surface area contributed by atoms with E-state index in [1.807, 2.05) is 42.7 Å². The number of pyridine rings is 1. The molecule has 20 heavy (non-hydrogen) atoms. The van der Waals surface area contributed by atoms with Crippen LogP contribution in [0.1, 0.15) is 29.9 Å². The topological polar surface area (TPSA) is 53.6 Å². The van der Waals surface area contributed by atoms with Crippen LogP contribution in [0.3, 0.4) is 0 Å². The summed E-state index contributed by atoms with van der Waals surface area (Å²) in [6.07, 6.45) is 3.73. The van der Waals surface area contributed by atoms with Crippen LogP contribution in [0.4, 0.5) is 0 Å². The van der Waals surface area contributed by atoms with Crippen molar-refractivity contribution < 1.29 is 0 Å². The predicted octanol–water partition coefficient (Wildman–Crippen LogP) is 3.12. The monoisotopic (exact) mass is 266 g/mol. The van der Waals surface area contributed by atoms with E-state index in [2.05, 4.69) is 34.1 Å². The normalized spacial score (nSPS) is 12.7. The molecule has 0 aliphatic heterocycles. The van der Waals surface area contributed by atoms with Crippen molar-refractivity contribution in [1.82, 2.24) is 20.3 Å². The third-order valence-corrected chi connectivity index (χ3v) is 3.56. The van der Waals surface area contributed by atoms with Gasteiger partial charge in [0.2, 0.25) is 0 Å². The molecule has 1 aromatic carbocycles. The van der Waals surface area contributed by atoms with Crippen LogP contribution in [-0.4, -0.2) is 15.0 Å². The molecule has 0 amide bonds. The second kappa shape index (κ2) is 5.43. The van der Waals surface area contributed by atoms with Crippen molar-refractivity contribution in [1.29, 1.82) is 0 Å². The molecule has 1 atom stereocenters. The summed E-state index contributed by atoms with van der Waals surface area (Å²) >= 11 is 0. The molecule has 0 radical (unpaired) electrons. The highest BCUT2D eigenvalue weighted by Gasteiger charge is 2.10. The molecule has 3 aromatic rings. The average Bonchev–Trinajstić information content (AvgIpc) is 2.90. The van der Waals surface area contributed by atoms with Crippen molar-refractivity contribution in [2.24, 2.45) is 0 Å². The maximum Gasteiger partial charge on any atom is 0.124 e. The van der Waals surface area contributed by atoms with Crippen molar-refractivity contribution in [3.63, 3.8) is 0 Å². The number of rotatable bonds is 4. The molecule has 0 saturated heterocycles. The summed E-state index contributed by atoms with van der Waals surface area (Å²) in [5, 5.41) is 3.48. The summed E-state index contributed by atoms with van der Waals surface area (Å²) in [7, 11) is 0. The molecule has 2 heterocycles. The fraction of sp³-hybridized carbons (Fsp3) is 0.250. The van der Waals surface area contributed by atoms with Gasteiger partial charge in [-0.25, -0.2) is 4.98 Å². The number of aromatic amines is 1. The number of benzene rings is 1. The molecule has 2 aromatic heterocycles. The quantitative estimate of drug-likeness (QED) is 0.763. The molecule has 102 valence electrons. The lowest BCUT2D eigenvalue weighted by Crippen LogP contribution is -2.19. The zero-order valence-corrected chi connectivity index (χ0v) is 11.7. The Hall–Kier alpha value is -2.20. The molecule has 0 saturated carbocycles. The summed E-state index contributed by atoms with van der Waals surface area (Å²) in [6, 6.07) is 10.3. The van der Waals surface area contributed by atoms with Crippen molar-refractivity contribution in [3.05, 3.63) is 59.7 Å². The van der Waals surface area contributed by atoms with E-state index in [0.717, 1.165) is 23.4 Å². The summed E-state index contributed by atoms with van der Waals surface area (Å²) in [6.45, 7) is 5.01. The molecule has 1 unspecified atom stereocenters. The first kappa shape index (κ1) is 12.8. The van der Waals surface area contributed by atoms with Crippen molar-refractivity contribution in [2.75, 3.05) is 0 Å². The first-order chi connectivity index (χ1) is 9.74. The number of para-hydroxylation sites is 2.